The number of benzene rings is 1. The van der Waals surface area contributed by atoms with Crippen molar-refractivity contribution in [3.63, 3.8) is 0 Å². The smallest absolute Gasteiger partial charge is 0.438 e. The Balaban J connectivity index is 1.38. The zero-order valence-electron chi connectivity index (χ0n) is 23.0. The summed E-state index contributed by atoms with van der Waals surface area (Å²) in [4.78, 5) is 32.1. The van der Waals surface area contributed by atoms with Gasteiger partial charge in [-0.05, 0) is 30.5 Å². The molecule has 1 unspecified atom stereocenters. The average molecular weight is 581 g/mol. The zero-order chi connectivity index (χ0) is 29.0. The third-order valence-corrected chi connectivity index (χ3v) is 8.10. The van der Waals surface area contributed by atoms with Crippen molar-refractivity contribution in [3.05, 3.63) is 41.2 Å². The molecule has 3 aliphatic rings. The first-order chi connectivity index (χ1) is 19.6. The number of nitrogens with one attached hydrogen (secondary N) is 1. The predicted octanol–water partition coefficient (Wildman–Crippen LogP) is 2.71. The number of halogens is 3. The number of aliphatic carboxylic acids is 1. The number of anilines is 1. The zero-order valence-corrected chi connectivity index (χ0v) is 23.0. The summed E-state index contributed by atoms with van der Waals surface area (Å²) in [5, 5.41) is 12.8. The highest BCUT2D eigenvalue weighted by Crippen LogP contribution is 2.35. The van der Waals surface area contributed by atoms with E-state index in [1.807, 2.05) is 11.1 Å². The number of carbonyl (C=O) groups is 2. The van der Waals surface area contributed by atoms with Crippen molar-refractivity contribution in [1.29, 1.82) is 0 Å². The van der Waals surface area contributed by atoms with Crippen molar-refractivity contribution in [1.82, 2.24) is 14.5 Å². The molecule has 2 N–H and O–H groups in total. The molecule has 3 aliphatic heterocycles. The van der Waals surface area contributed by atoms with Gasteiger partial charge in [0.15, 0.2) is 6.54 Å². The molecule has 0 saturated carbocycles. The van der Waals surface area contributed by atoms with E-state index in [0.29, 0.717) is 56.2 Å². The molecule has 0 bridgehead atoms. The molecule has 4 heterocycles. The van der Waals surface area contributed by atoms with Crippen LogP contribution in [0.15, 0.2) is 24.4 Å². The minimum Gasteiger partial charge on any atom is -0.493 e. The molecule has 2 atom stereocenters. The van der Waals surface area contributed by atoms with Crippen molar-refractivity contribution < 1.29 is 41.8 Å². The minimum atomic E-state index is -4.62. The average Bonchev–Trinajstić information content (AvgIpc) is 3.30. The maximum Gasteiger partial charge on any atom is 0.438 e. The molecule has 1 fully saturated rings. The number of imidazole rings is 1. The number of rotatable bonds is 10. The van der Waals surface area contributed by atoms with Crippen molar-refractivity contribution >= 4 is 17.8 Å². The molecule has 13 heteroatoms. The minimum absolute atomic E-state index is 0.0714. The molecular weight excluding hydrogens is 543 g/mol. The summed E-state index contributed by atoms with van der Waals surface area (Å²) in [7, 11) is 0. The first-order valence-electron chi connectivity index (χ1n) is 14.1. The second-order valence-corrected chi connectivity index (χ2v) is 11.1. The summed E-state index contributed by atoms with van der Waals surface area (Å²) in [6, 6.07) is 5.20. The Morgan fingerprint density at radius 3 is 2.76 bits per heavy atom. The second kappa shape index (κ2) is 12.4. The van der Waals surface area contributed by atoms with Crippen LogP contribution in [0.1, 0.15) is 29.7 Å². The molecule has 10 nitrogen and oxygen atoms in total. The highest BCUT2D eigenvalue weighted by atomic mass is 19.4. The van der Waals surface area contributed by atoms with E-state index < -0.39 is 41.4 Å². The quantitative estimate of drug-likeness (QED) is 0.414. The predicted molar refractivity (Wildman–Crippen MR) is 142 cm³/mol. The fraction of sp³-hybridized carbons (Fsp3) is 0.607. The van der Waals surface area contributed by atoms with Crippen molar-refractivity contribution in [2.24, 2.45) is 5.92 Å². The highest BCUT2D eigenvalue weighted by Gasteiger charge is 2.51. The lowest BCUT2D eigenvalue weighted by molar-refractivity contribution is -0.879. The first kappa shape index (κ1) is 29.3. The number of aryl methyl sites for hydroxylation is 1. The molecule has 2 aromatic rings. The number of alkyl halides is 3. The van der Waals surface area contributed by atoms with Gasteiger partial charge in [0.1, 0.15) is 12.3 Å². The summed E-state index contributed by atoms with van der Waals surface area (Å²) >= 11 is 0. The van der Waals surface area contributed by atoms with Crippen LogP contribution in [-0.2, 0) is 40.3 Å². The Bertz CT molecular complexity index is 1220. The van der Waals surface area contributed by atoms with Crippen LogP contribution >= 0.6 is 0 Å². The number of quaternary nitrogens is 1. The third kappa shape index (κ3) is 7.38. The van der Waals surface area contributed by atoms with Crippen LogP contribution in [0.4, 0.5) is 19.1 Å². The van der Waals surface area contributed by atoms with Gasteiger partial charge in [0, 0.05) is 50.9 Å². The Labute approximate surface area is 236 Å². The van der Waals surface area contributed by atoms with Crippen LogP contribution in [0.2, 0.25) is 0 Å². The number of nitrogens with zero attached hydrogens (tertiary/aromatic N) is 4. The van der Waals surface area contributed by atoms with Gasteiger partial charge in [-0.3, -0.25) is 9.69 Å². The van der Waals surface area contributed by atoms with E-state index in [1.54, 1.807) is 18.2 Å². The lowest BCUT2D eigenvalue weighted by Gasteiger charge is -2.39. The summed E-state index contributed by atoms with van der Waals surface area (Å²) in [5.41, 5.74) is 2.14. The van der Waals surface area contributed by atoms with Gasteiger partial charge >= 0.3 is 18.1 Å². The third-order valence-electron chi connectivity index (χ3n) is 8.10. The summed E-state index contributed by atoms with van der Waals surface area (Å²) in [6.07, 6.45) is -1.48. The molecule has 1 saturated heterocycles. The van der Waals surface area contributed by atoms with Gasteiger partial charge in [-0.25, -0.2) is 14.3 Å². The largest absolute Gasteiger partial charge is 0.493 e. The van der Waals surface area contributed by atoms with Gasteiger partial charge in [0.25, 0.3) is 0 Å². The maximum absolute atomic E-state index is 14.1. The molecule has 41 heavy (non-hydrogen) atoms. The number of fused-ring (bicyclic) bond motifs is 2. The number of aromatic nitrogens is 2. The standard InChI is InChI=1S/C28H36F3N5O5/c29-28(30,31)19-36(10-7-34-8-12-40-13-9-34)18-22-15-24(3-2-20(22)14-21(26(36)39)16-25(37)38)41-11-4-23-17-35-6-1-5-32-27(35)33-23/h2-3,15,17,21H,1,4-14,16,18-19H2,(H-,32,33,37,38)/p+1/t21-,36?/m0/s1. The SMILES string of the molecule is O=C(O)C[C@@H]1Cc2ccc(OCCc3cn4c(n3)NCCC4)cc2C[N+](CCN2CCOCC2)(CC(F)(F)F)C1=O. The van der Waals surface area contributed by atoms with Crippen LogP contribution < -0.4 is 10.1 Å². The Morgan fingerprint density at radius 2 is 2.02 bits per heavy atom. The van der Waals surface area contributed by atoms with Crippen LogP contribution in [0.3, 0.4) is 0 Å². The lowest BCUT2D eigenvalue weighted by Crippen LogP contribution is -2.61. The number of ether oxygens (including phenoxy) is 2. The van der Waals surface area contributed by atoms with Gasteiger partial charge in [0.05, 0.1) is 44.4 Å². The second-order valence-electron chi connectivity index (χ2n) is 11.1. The highest BCUT2D eigenvalue weighted by molar-refractivity contribution is 5.79. The molecule has 1 aromatic heterocycles. The Kier molecular flexibility index (Phi) is 8.85. The van der Waals surface area contributed by atoms with E-state index >= 15 is 0 Å². The maximum atomic E-state index is 14.1. The summed E-state index contributed by atoms with van der Waals surface area (Å²) in [5.74, 6) is -1.61. The van der Waals surface area contributed by atoms with Gasteiger partial charge in [0.2, 0.25) is 5.95 Å². The van der Waals surface area contributed by atoms with E-state index in [2.05, 4.69) is 14.9 Å². The van der Waals surface area contributed by atoms with Gasteiger partial charge in [-0.2, -0.15) is 13.2 Å². The number of carbonyl (C=O) groups excluding carboxylic acids is 1. The molecular formula is C28H37F3N5O5+. The van der Waals surface area contributed by atoms with Gasteiger partial charge < -0.3 is 24.5 Å². The van der Waals surface area contributed by atoms with Gasteiger partial charge in [-0.15, -0.1) is 0 Å². The molecule has 0 radical (unpaired) electrons. The van der Waals surface area contributed by atoms with E-state index in [1.165, 1.54) is 0 Å². The van der Waals surface area contributed by atoms with Crippen LogP contribution in [0.5, 0.6) is 5.75 Å². The first-order valence-corrected chi connectivity index (χ1v) is 14.1. The molecule has 1 aromatic carbocycles. The van der Waals surface area contributed by atoms with Crippen LogP contribution in [-0.4, -0.2) is 101 Å². The monoisotopic (exact) mass is 580 g/mol. The van der Waals surface area contributed by atoms with Crippen molar-refractivity contribution in [2.75, 3.05) is 64.4 Å². The Morgan fingerprint density at radius 1 is 1.22 bits per heavy atom. The normalized spacial score (nSPS) is 23.3. The van der Waals surface area contributed by atoms with Crippen LogP contribution in [0, 0.1) is 5.92 Å². The number of morpholine rings is 1. The molecule has 0 spiro atoms. The number of carboxylic acids is 1. The van der Waals surface area contributed by atoms with E-state index in [0.717, 1.165) is 31.2 Å². The van der Waals surface area contributed by atoms with Crippen molar-refractivity contribution in [2.45, 2.75) is 44.9 Å². The van der Waals surface area contributed by atoms with E-state index in [-0.39, 0.29) is 26.1 Å². The fourth-order valence-corrected chi connectivity index (χ4v) is 6.08. The summed E-state index contributed by atoms with van der Waals surface area (Å²) in [6.45, 7) is 2.91. The molecule has 0 aliphatic carbocycles. The van der Waals surface area contributed by atoms with Gasteiger partial charge in [-0.1, -0.05) is 6.07 Å². The van der Waals surface area contributed by atoms with E-state index in [4.69, 9.17) is 9.47 Å². The molecule has 1 amide bonds. The summed E-state index contributed by atoms with van der Waals surface area (Å²) < 4.78 is 54.7. The Hall–Kier alpha value is -3.16. The number of amides is 1. The fourth-order valence-electron chi connectivity index (χ4n) is 6.08. The van der Waals surface area contributed by atoms with Crippen LogP contribution in [0.25, 0.3) is 0 Å². The van der Waals surface area contributed by atoms with Crippen molar-refractivity contribution in [3.8, 4) is 5.75 Å². The molecule has 224 valence electrons. The van der Waals surface area contributed by atoms with E-state index in [9.17, 15) is 27.9 Å². The number of hydrogen-bond acceptors (Lipinski definition) is 7. The topological polar surface area (TPSA) is 106 Å². The lowest BCUT2D eigenvalue weighted by atomic mass is 9.94. The molecule has 5 rings (SSSR count). The number of hydrogen-bond donors (Lipinski definition) is 2. The number of carboxylic acid groups (broad SMARTS) is 1.